The Hall–Kier alpha value is -3.61. The predicted molar refractivity (Wildman–Crippen MR) is 134 cm³/mol. The van der Waals surface area contributed by atoms with Gasteiger partial charge >= 0.3 is 0 Å². The second kappa shape index (κ2) is 8.73. The molecule has 4 aromatic carbocycles. The molecule has 0 fully saturated rings. The molecule has 1 heterocycles. The summed E-state index contributed by atoms with van der Waals surface area (Å²) < 4.78 is 0. The zero-order chi connectivity index (χ0) is 22.9. The van der Waals surface area contributed by atoms with Crippen LogP contribution >= 0.6 is 23.2 Å². The van der Waals surface area contributed by atoms with Crippen LogP contribution in [-0.2, 0) is 16.3 Å². The third-order valence-corrected chi connectivity index (χ3v) is 6.12. The number of phenolic OH excluding ortho intramolecular Hbond substituents is 1. The monoisotopic (exact) mass is 479 g/mol. The Morgan fingerprint density at radius 3 is 2.76 bits per heavy atom. The first-order valence-corrected chi connectivity index (χ1v) is 10.9. The van der Waals surface area contributed by atoms with Crippen LogP contribution in [-0.4, -0.2) is 16.5 Å². The zero-order valence-electron chi connectivity index (χ0n) is 17.5. The maximum Gasteiger partial charge on any atom is 0.245 e. The van der Waals surface area contributed by atoms with E-state index in [1.54, 1.807) is 18.2 Å². The van der Waals surface area contributed by atoms with Crippen molar-refractivity contribution in [1.82, 2.24) is 4.98 Å². The number of aromatic hydroxyl groups is 1. The van der Waals surface area contributed by atoms with Crippen molar-refractivity contribution < 1.29 is 14.8 Å². The highest BCUT2D eigenvalue weighted by Crippen LogP contribution is 2.37. The molecule has 0 aliphatic heterocycles. The van der Waals surface area contributed by atoms with Gasteiger partial charge in [0.2, 0.25) is 6.40 Å². The van der Waals surface area contributed by atoms with Crippen LogP contribution in [0, 0.1) is 6.92 Å². The lowest BCUT2D eigenvalue weighted by Crippen LogP contribution is -2.00. The van der Waals surface area contributed by atoms with E-state index in [9.17, 15) is 5.11 Å². The van der Waals surface area contributed by atoms with Gasteiger partial charge in [0.05, 0.1) is 16.2 Å². The highest BCUT2D eigenvalue weighted by atomic mass is 35.5. The number of aromatic nitrogens is 1. The van der Waals surface area contributed by atoms with Crippen LogP contribution in [0.25, 0.3) is 32.6 Å². The summed E-state index contributed by atoms with van der Waals surface area (Å²) in [5.74, 6) is 0.177. The fraction of sp³-hybridized carbons (Fsp3) is 0.0800. The number of aromatic amines is 1. The molecule has 3 N–H and O–H groups in total. The van der Waals surface area contributed by atoms with Crippen molar-refractivity contribution in [3.63, 3.8) is 0 Å². The molecule has 0 aliphatic carbocycles. The molecule has 6 nitrogen and oxygen atoms in total. The van der Waals surface area contributed by atoms with Gasteiger partial charge in [0, 0.05) is 37.8 Å². The van der Waals surface area contributed by atoms with Crippen molar-refractivity contribution in [3.05, 3.63) is 81.8 Å². The van der Waals surface area contributed by atoms with E-state index in [1.807, 2.05) is 31.2 Å². The number of fused-ring (bicyclic) bond motifs is 5. The third-order valence-electron chi connectivity index (χ3n) is 5.57. The third kappa shape index (κ3) is 3.99. The minimum atomic E-state index is 0.0783. The van der Waals surface area contributed by atoms with Gasteiger partial charge in [-0.25, -0.2) is 5.48 Å². The van der Waals surface area contributed by atoms with Crippen LogP contribution in [0.5, 0.6) is 5.75 Å². The summed E-state index contributed by atoms with van der Waals surface area (Å²) >= 11 is 11.9. The normalized spacial score (nSPS) is 11.6. The van der Waals surface area contributed by atoms with Gasteiger partial charge in [-0.05, 0) is 42.6 Å². The molecule has 0 bridgehead atoms. The van der Waals surface area contributed by atoms with Crippen molar-refractivity contribution in [2.24, 2.45) is 5.16 Å². The van der Waals surface area contributed by atoms with Crippen molar-refractivity contribution >= 4 is 67.9 Å². The Morgan fingerprint density at radius 1 is 1.06 bits per heavy atom. The van der Waals surface area contributed by atoms with Gasteiger partial charge in [-0.2, -0.15) is 0 Å². The first kappa shape index (κ1) is 21.2. The summed E-state index contributed by atoms with van der Waals surface area (Å²) in [5.41, 5.74) is 6.66. The summed E-state index contributed by atoms with van der Waals surface area (Å²) in [6, 6.07) is 19.2. The highest BCUT2D eigenvalue weighted by molar-refractivity contribution is 6.36. The lowest BCUT2D eigenvalue weighted by molar-refractivity contribution is 0.123. The average Bonchev–Trinajstić information content (AvgIpc) is 3.18. The predicted octanol–water partition coefficient (Wildman–Crippen LogP) is 7.30. The van der Waals surface area contributed by atoms with E-state index in [4.69, 9.17) is 32.9 Å². The van der Waals surface area contributed by atoms with E-state index in [1.165, 1.54) is 0 Å². The number of nitrogens with one attached hydrogen (secondary N) is 2. The topological polar surface area (TPSA) is 78.9 Å². The molecule has 0 atom stereocenters. The minimum Gasteiger partial charge on any atom is -0.507 e. The smallest absolute Gasteiger partial charge is 0.245 e. The van der Waals surface area contributed by atoms with Gasteiger partial charge in [-0.15, -0.1) is 0 Å². The van der Waals surface area contributed by atoms with E-state index >= 15 is 0 Å². The van der Waals surface area contributed by atoms with Gasteiger partial charge in [0.1, 0.15) is 12.4 Å². The van der Waals surface area contributed by atoms with Crippen molar-refractivity contribution in [3.8, 4) is 5.75 Å². The van der Waals surface area contributed by atoms with E-state index in [2.05, 4.69) is 33.8 Å². The van der Waals surface area contributed by atoms with Crippen LogP contribution in [0.2, 0.25) is 10.0 Å². The van der Waals surface area contributed by atoms with Crippen LogP contribution in [0.4, 0.5) is 5.69 Å². The SMILES string of the molecule is Cc1c(O)c(CO/N=C/ONc2ccc(Cl)cc2Cl)cc2ccc3c4ccccc4[nH]c3c12. The molecule has 5 aromatic rings. The van der Waals surface area contributed by atoms with Crippen molar-refractivity contribution in [2.75, 3.05) is 5.48 Å². The van der Waals surface area contributed by atoms with Crippen LogP contribution < -0.4 is 5.48 Å². The molecule has 0 saturated carbocycles. The van der Waals surface area contributed by atoms with Gasteiger partial charge in [-0.1, -0.05) is 58.7 Å². The van der Waals surface area contributed by atoms with Gasteiger partial charge < -0.3 is 19.8 Å². The molecule has 1 aromatic heterocycles. The maximum atomic E-state index is 10.8. The molecule has 0 radical (unpaired) electrons. The lowest BCUT2D eigenvalue weighted by Gasteiger charge is -2.11. The molecule has 0 saturated heterocycles. The standard InChI is InChI=1S/C25H19Cl2N3O3/c1-14-23-15(6-8-19-18-4-2-3-5-21(18)29-24(19)23)10-16(25(14)31)12-32-28-13-33-30-22-9-7-17(26)11-20(22)27/h2-11,13,29-31H,12H2,1H3/b28-13+. The fourth-order valence-electron chi connectivity index (χ4n) is 4.01. The number of anilines is 1. The fourth-order valence-corrected chi connectivity index (χ4v) is 4.45. The van der Waals surface area contributed by atoms with Crippen molar-refractivity contribution in [1.29, 1.82) is 0 Å². The van der Waals surface area contributed by atoms with E-state index in [0.717, 1.165) is 44.5 Å². The number of hydrogen-bond acceptors (Lipinski definition) is 5. The van der Waals surface area contributed by atoms with E-state index < -0.39 is 0 Å². The molecular weight excluding hydrogens is 461 g/mol. The lowest BCUT2D eigenvalue weighted by atomic mass is 9.98. The number of hydrogen-bond donors (Lipinski definition) is 3. The van der Waals surface area contributed by atoms with Crippen LogP contribution in [0.3, 0.4) is 0 Å². The molecule has 0 aliphatic rings. The van der Waals surface area contributed by atoms with Crippen molar-refractivity contribution in [2.45, 2.75) is 13.5 Å². The molecule has 0 amide bonds. The molecule has 166 valence electrons. The summed E-state index contributed by atoms with van der Waals surface area (Å²) in [5, 5.41) is 19.8. The number of halogens is 2. The second-order valence-electron chi connectivity index (χ2n) is 7.59. The number of rotatable bonds is 6. The van der Waals surface area contributed by atoms with E-state index in [0.29, 0.717) is 21.3 Å². The Kier molecular flexibility index (Phi) is 5.62. The minimum absolute atomic E-state index is 0.0783. The number of phenols is 1. The maximum absolute atomic E-state index is 10.8. The largest absolute Gasteiger partial charge is 0.507 e. The van der Waals surface area contributed by atoms with E-state index in [-0.39, 0.29) is 12.4 Å². The summed E-state index contributed by atoms with van der Waals surface area (Å²) in [6.07, 6.45) is 1.10. The molecule has 5 rings (SSSR count). The van der Waals surface area contributed by atoms with Crippen LogP contribution in [0.1, 0.15) is 11.1 Å². The van der Waals surface area contributed by atoms with Crippen LogP contribution in [0.15, 0.2) is 65.8 Å². The quantitative estimate of drug-likeness (QED) is 0.135. The number of nitrogens with zero attached hydrogens (tertiary/aromatic N) is 1. The number of oxime groups is 1. The summed E-state index contributed by atoms with van der Waals surface area (Å²) in [6.45, 7) is 1.98. The molecule has 0 spiro atoms. The Bertz CT molecular complexity index is 1530. The highest BCUT2D eigenvalue weighted by Gasteiger charge is 2.15. The number of aryl methyl sites for hydroxylation is 1. The number of para-hydroxylation sites is 1. The molecular formula is C25H19Cl2N3O3. The average molecular weight is 480 g/mol. The number of benzene rings is 4. The van der Waals surface area contributed by atoms with Gasteiger partial charge in [0.15, 0.2) is 0 Å². The number of H-pyrrole nitrogens is 1. The molecule has 8 heteroatoms. The summed E-state index contributed by atoms with van der Waals surface area (Å²) in [7, 11) is 0. The molecule has 33 heavy (non-hydrogen) atoms. The summed E-state index contributed by atoms with van der Waals surface area (Å²) in [4.78, 5) is 13.9. The zero-order valence-corrected chi connectivity index (χ0v) is 19.0. The second-order valence-corrected chi connectivity index (χ2v) is 8.44. The Labute approximate surface area is 199 Å². The first-order valence-electron chi connectivity index (χ1n) is 10.2. The Balaban J connectivity index is 1.33. The van der Waals surface area contributed by atoms with Gasteiger partial charge in [0.25, 0.3) is 0 Å². The molecule has 0 unspecified atom stereocenters. The first-order chi connectivity index (χ1) is 16.0. The Morgan fingerprint density at radius 2 is 1.91 bits per heavy atom. The van der Waals surface area contributed by atoms with Gasteiger partial charge in [-0.3, -0.25) is 0 Å².